The molecule has 6 nitrogen and oxygen atoms in total. The number of rotatable bonds is 5. The monoisotopic (exact) mass is 349 g/mol. The number of nitrogens with one attached hydrogen (secondary N) is 1. The van der Waals surface area contributed by atoms with Crippen molar-refractivity contribution in [1.29, 1.82) is 0 Å². The summed E-state index contributed by atoms with van der Waals surface area (Å²) in [4.78, 5) is 18.5. The van der Waals surface area contributed by atoms with Crippen LogP contribution in [0.4, 0.5) is 0 Å². The van der Waals surface area contributed by atoms with Crippen molar-refractivity contribution in [2.24, 2.45) is 0 Å². The number of carbonyl (C=O) groups excluding carboxylic acids is 1. The van der Waals surface area contributed by atoms with Gasteiger partial charge in [-0.1, -0.05) is 11.6 Å². The summed E-state index contributed by atoms with van der Waals surface area (Å²) in [6, 6.07) is 7.39. The molecule has 0 bridgehead atoms. The molecule has 2 aromatic rings. The topological polar surface area (TPSA) is 67.6 Å². The number of morpholine rings is 1. The smallest absolute Gasteiger partial charge is 0.234 e. The summed E-state index contributed by atoms with van der Waals surface area (Å²) in [5.74, 6) is 1.15. The SMILES string of the molecule is Cc1nc(CNC(=O)CN2CCOCC2)oc1-c1ccc(Cl)cc1. The van der Waals surface area contributed by atoms with Gasteiger partial charge in [0.2, 0.25) is 11.8 Å². The van der Waals surface area contributed by atoms with Gasteiger partial charge >= 0.3 is 0 Å². The predicted molar refractivity (Wildman–Crippen MR) is 90.8 cm³/mol. The Labute approximate surface area is 145 Å². The highest BCUT2D eigenvalue weighted by molar-refractivity contribution is 6.30. The number of hydrogen-bond acceptors (Lipinski definition) is 5. The van der Waals surface area contributed by atoms with Gasteiger partial charge < -0.3 is 14.5 Å². The maximum Gasteiger partial charge on any atom is 0.234 e. The van der Waals surface area contributed by atoms with E-state index in [4.69, 9.17) is 20.8 Å². The number of aromatic nitrogens is 1. The van der Waals surface area contributed by atoms with E-state index in [1.54, 1.807) is 0 Å². The number of halogens is 1. The molecule has 1 saturated heterocycles. The molecule has 1 fully saturated rings. The molecule has 1 amide bonds. The standard InChI is InChI=1S/C17H20ClN3O3/c1-12-17(13-2-4-14(18)5-3-13)24-16(20-12)10-19-15(22)11-21-6-8-23-9-7-21/h2-5H,6-11H2,1H3,(H,19,22). The zero-order valence-electron chi connectivity index (χ0n) is 13.5. The number of nitrogens with zero attached hydrogens (tertiary/aromatic N) is 2. The fourth-order valence-electron chi connectivity index (χ4n) is 2.59. The average molecular weight is 350 g/mol. The zero-order chi connectivity index (χ0) is 16.9. The fraction of sp³-hybridized carbons (Fsp3) is 0.412. The molecule has 0 saturated carbocycles. The summed E-state index contributed by atoms with van der Waals surface area (Å²) < 4.78 is 11.0. The molecule has 128 valence electrons. The third-order valence-electron chi connectivity index (χ3n) is 3.85. The largest absolute Gasteiger partial charge is 0.438 e. The lowest BCUT2D eigenvalue weighted by atomic mass is 10.1. The van der Waals surface area contributed by atoms with Crippen LogP contribution in [0.5, 0.6) is 0 Å². The molecule has 1 aliphatic rings. The molecular weight excluding hydrogens is 330 g/mol. The third-order valence-corrected chi connectivity index (χ3v) is 4.11. The van der Waals surface area contributed by atoms with Gasteiger partial charge in [0.1, 0.15) is 0 Å². The van der Waals surface area contributed by atoms with Crippen LogP contribution < -0.4 is 5.32 Å². The second-order valence-electron chi connectivity index (χ2n) is 5.69. The second kappa shape index (κ2) is 7.79. The number of amides is 1. The van der Waals surface area contributed by atoms with Gasteiger partial charge in [0, 0.05) is 23.7 Å². The number of carbonyl (C=O) groups is 1. The summed E-state index contributed by atoms with van der Waals surface area (Å²) >= 11 is 5.90. The Balaban J connectivity index is 1.57. The van der Waals surface area contributed by atoms with E-state index in [0.29, 0.717) is 36.4 Å². The maximum absolute atomic E-state index is 12.0. The highest BCUT2D eigenvalue weighted by Crippen LogP contribution is 2.25. The lowest BCUT2D eigenvalue weighted by Crippen LogP contribution is -2.43. The van der Waals surface area contributed by atoms with E-state index in [0.717, 1.165) is 24.3 Å². The van der Waals surface area contributed by atoms with Crippen molar-refractivity contribution in [3.63, 3.8) is 0 Å². The van der Waals surface area contributed by atoms with E-state index in [2.05, 4.69) is 15.2 Å². The molecule has 0 spiro atoms. The molecule has 1 N–H and O–H groups in total. The predicted octanol–water partition coefficient (Wildman–Crippen LogP) is 2.25. The Hall–Kier alpha value is -1.89. The van der Waals surface area contributed by atoms with E-state index in [1.165, 1.54) is 0 Å². The molecular formula is C17H20ClN3O3. The van der Waals surface area contributed by atoms with Crippen LogP contribution in [0.3, 0.4) is 0 Å². The van der Waals surface area contributed by atoms with Gasteiger partial charge in [-0.3, -0.25) is 9.69 Å². The Kier molecular flexibility index (Phi) is 5.50. The summed E-state index contributed by atoms with van der Waals surface area (Å²) in [6.07, 6.45) is 0. The van der Waals surface area contributed by atoms with Gasteiger partial charge in [0.25, 0.3) is 0 Å². The molecule has 3 rings (SSSR count). The number of ether oxygens (including phenoxy) is 1. The molecule has 0 atom stereocenters. The van der Waals surface area contributed by atoms with Crippen molar-refractivity contribution in [3.8, 4) is 11.3 Å². The summed E-state index contributed by atoms with van der Waals surface area (Å²) in [6.45, 7) is 5.45. The molecule has 0 unspecified atom stereocenters. The molecule has 0 aliphatic carbocycles. The second-order valence-corrected chi connectivity index (χ2v) is 6.13. The maximum atomic E-state index is 12.0. The molecule has 24 heavy (non-hydrogen) atoms. The van der Waals surface area contributed by atoms with E-state index in [1.807, 2.05) is 31.2 Å². The Bertz CT molecular complexity index is 694. The number of benzene rings is 1. The minimum Gasteiger partial charge on any atom is -0.438 e. The third kappa shape index (κ3) is 4.35. The van der Waals surface area contributed by atoms with Gasteiger partial charge in [0.15, 0.2) is 5.76 Å². The van der Waals surface area contributed by atoms with Gasteiger partial charge in [-0.05, 0) is 31.2 Å². The molecule has 0 radical (unpaired) electrons. The molecule has 1 aliphatic heterocycles. The zero-order valence-corrected chi connectivity index (χ0v) is 14.3. The van der Waals surface area contributed by atoms with Crippen LogP contribution in [0.1, 0.15) is 11.6 Å². The van der Waals surface area contributed by atoms with E-state index in [-0.39, 0.29) is 12.5 Å². The summed E-state index contributed by atoms with van der Waals surface area (Å²) in [7, 11) is 0. The number of hydrogen-bond donors (Lipinski definition) is 1. The van der Waals surface area contributed by atoms with Crippen molar-refractivity contribution < 1.29 is 13.9 Å². The molecule has 1 aromatic heterocycles. The first-order valence-corrected chi connectivity index (χ1v) is 8.28. The first-order valence-electron chi connectivity index (χ1n) is 7.91. The number of aryl methyl sites for hydroxylation is 1. The highest BCUT2D eigenvalue weighted by Gasteiger charge is 2.16. The number of oxazole rings is 1. The van der Waals surface area contributed by atoms with Crippen LogP contribution in [0.15, 0.2) is 28.7 Å². The van der Waals surface area contributed by atoms with Crippen molar-refractivity contribution in [3.05, 3.63) is 40.9 Å². The van der Waals surface area contributed by atoms with Crippen LogP contribution in [0.25, 0.3) is 11.3 Å². The van der Waals surface area contributed by atoms with E-state index in [9.17, 15) is 4.79 Å². The Morgan fingerprint density at radius 2 is 2.00 bits per heavy atom. The fourth-order valence-corrected chi connectivity index (χ4v) is 2.72. The lowest BCUT2D eigenvalue weighted by molar-refractivity contribution is -0.123. The Morgan fingerprint density at radius 3 is 2.71 bits per heavy atom. The lowest BCUT2D eigenvalue weighted by Gasteiger charge is -2.25. The van der Waals surface area contributed by atoms with E-state index < -0.39 is 0 Å². The Morgan fingerprint density at radius 1 is 1.29 bits per heavy atom. The highest BCUT2D eigenvalue weighted by atomic mass is 35.5. The molecule has 2 heterocycles. The van der Waals surface area contributed by atoms with Crippen molar-refractivity contribution in [2.75, 3.05) is 32.8 Å². The van der Waals surface area contributed by atoms with Crippen LogP contribution in [0.2, 0.25) is 5.02 Å². The van der Waals surface area contributed by atoms with Crippen LogP contribution in [-0.2, 0) is 16.1 Å². The quantitative estimate of drug-likeness (QED) is 0.896. The summed E-state index contributed by atoms with van der Waals surface area (Å²) in [5, 5.41) is 3.52. The van der Waals surface area contributed by atoms with Crippen molar-refractivity contribution >= 4 is 17.5 Å². The minimum atomic E-state index is -0.0409. The van der Waals surface area contributed by atoms with Crippen LogP contribution >= 0.6 is 11.6 Å². The van der Waals surface area contributed by atoms with E-state index >= 15 is 0 Å². The average Bonchev–Trinajstić information content (AvgIpc) is 2.95. The van der Waals surface area contributed by atoms with Crippen molar-refractivity contribution in [1.82, 2.24) is 15.2 Å². The van der Waals surface area contributed by atoms with Gasteiger partial charge in [-0.25, -0.2) is 4.98 Å². The van der Waals surface area contributed by atoms with Gasteiger partial charge in [0.05, 0.1) is 32.0 Å². The molecule has 7 heteroatoms. The van der Waals surface area contributed by atoms with Crippen molar-refractivity contribution in [2.45, 2.75) is 13.5 Å². The van der Waals surface area contributed by atoms with Crippen LogP contribution in [0, 0.1) is 6.92 Å². The van der Waals surface area contributed by atoms with Gasteiger partial charge in [-0.2, -0.15) is 0 Å². The van der Waals surface area contributed by atoms with Crippen LogP contribution in [-0.4, -0.2) is 48.6 Å². The normalized spacial score (nSPS) is 15.4. The first kappa shape index (κ1) is 17.0. The first-order chi connectivity index (χ1) is 11.6. The minimum absolute atomic E-state index is 0.0409. The van der Waals surface area contributed by atoms with Gasteiger partial charge in [-0.15, -0.1) is 0 Å². The summed E-state index contributed by atoms with van der Waals surface area (Å²) in [5.41, 5.74) is 1.70. The molecule has 1 aromatic carbocycles.